The van der Waals surface area contributed by atoms with Gasteiger partial charge in [-0.3, -0.25) is 4.79 Å². The molecule has 0 aliphatic carbocycles. The molecule has 0 bridgehead atoms. The molecule has 2 heterocycles. The number of carbonyl (C=O) groups is 1. The van der Waals surface area contributed by atoms with E-state index in [-0.39, 0.29) is 5.91 Å². The molecule has 0 saturated heterocycles. The maximum Gasteiger partial charge on any atom is 0.224 e. The molecule has 1 aliphatic heterocycles. The highest BCUT2D eigenvalue weighted by atomic mass is 16.5. The van der Waals surface area contributed by atoms with Gasteiger partial charge in [0.05, 0.1) is 13.7 Å². The Balaban J connectivity index is 1.25. The summed E-state index contributed by atoms with van der Waals surface area (Å²) in [6.07, 6.45) is 3.03. The smallest absolute Gasteiger partial charge is 0.224 e. The molecule has 0 spiro atoms. The van der Waals surface area contributed by atoms with Gasteiger partial charge in [0, 0.05) is 31.0 Å². The van der Waals surface area contributed by atoms with Crippen molar-refractivity contribution in [2.24, 2.45) is 0 Å². The Morgan fingerprint density at radius 1 is 1.16 bits per heavy atom. The van der Waals surface area contributed by atoms with Crippen LogP contribution in [0.15, 0.2) is 48.5 Å². The molecule has 31 heavy (non-hydrogen) atoms. The maximum absolute atomic E-state index is 12.4. The van der Waals surface area contributed by atoms with Crippen molar-refractivity contribution in [1.29, 1.82) is 0 Å². The molecule has 0 saturated carbocycles. The third-order valence-electron chi connectivity index (χ3n) is 5.65. The zero-order valence-electron chi connectivity index (χ0n) is 18.0. The van der Waals surface area contributed by atoms with Crippen molar-refractivity contribution in [2.45, 2.75) is 45.1 Å². The van der Waals surface area contributed by atoms with Crippen molar-refractivity contribution in [3.05, 3.63) is 65.7 Å². The molecule has 1 amide bonds. The largest absolute Gasteiger partial charge is 0.497 e. The number of nitrogens with one attached hydrogen (secondary N) is 1. The number of fused-ring (bicyclic) bond motifs is 1. The van der Waals surface area contributed by atoms with Gasteiger partial charge in [0.15, 0.2) is 0 Å². The van der Waals surface area contributed by atoms with E-state index in [4.69, 9.17) is 9.47 Å². The number of nitrogens with zero attached hydrogens (tertiary/aromatic N) is 3. The second-order valence-electron chi connectivity index (χ2n) is 7.81. The molecule has 0 fully saturated rings. The molecule has 1 unspecified atom stereocenters. The number of benzene rings is 2. The van der Waals surface area contributed by atoms with E-state index < -0.39 is 0 Å². The van der Waals surface area contributed by atoms with E-state index in [1.54, 1.807) is 7.11 Å². The van der Waals surface area contributed by atoms with Crippen LogP contribution in [0.25, 0.3) is 0 Å². The Labute approximate surface area is 182 Å². The molecular weight excluding hydrogens is 392 g/mol. The number of carbonyl (C=O) groups excluding carboxylic acids is 1. The Morgan fingerprint density at radius 2 is 1.97 bits per heavy atom. The first kappa shape index (κ1) is 20.9. The van der Waals surface area contributed by atoms with Crippen molar-refractivity contribution in [3.63, 3.8) is 0 Å². The van der Waals surface area contributed by atoms with Gasteiger partial charge < -0.3 is 19.4 Å². The lowest BCUT2D eigenvalue weighted by Gasteiger charge is -2.24. The molecule has 0 radical (unpaired) electrons. The van der Waals surface area contributed by atoms with Crippen molar-refractivity contribution in [2.75, 3.05) is 19.0 Å². The second kappa shape index (κ2) is 9.64. The standard InChI is InChI=1S/C24H28N4O3/c1-17-26-27-23-13-8-19(16-28(17)23)18-5-3-6-20(15-18)25-24(29)7-4-14-31-22-11-9-21(30-2)10-12-22/h3,5-6,9-12,15,19H,4,7-8,13-14,16H2,1-2H3,(H,25,29). The van der Waals surface area contributed by atoms with Crippen LogP contribution in [0.2, 0.25) is 0 Å². The summed E-state index contributed by atoms with van der Waals surface area (Å²) in [5.41, 5.74) is 2.07. The summed E-state index contributed by atoms with van der Waals surface area (Å²) in [7, 11) is 1.63. The van der Waals surface area contributed by atoms with Gasteiger partial charge in [-0.05, 0) is 61.7 Å². The average molecular weight is 421 g/mol. The van der Waals surface area contributed by atoms with E-state index in [9.17, 15) is 4.79 Å². The fourth-order valence-electron chi connectivity index (χ4n) is 3.92. The zero-order valence-corrected chi connectivity index (χ0v) is 18.0. The summed E-state index contributed by atoms with van der Waals surface area (Å²) in [5, 5.41) is 11.4. The van der Waals surface area contributed by atoms with Crippen LogP contribution in [0.5, 0.6) is 11.5 Å². The van der Waals surface area contributed by atoms with Crippen molar-refractivity contribution < 1.29 is 14.3 Å². The van der Waals surface area contributed by atoms with Crippen LogP contribution in [0, 0.1) is 6.92 Å². The quantitative estimate of drug-likeness (QED) is 0.555. The number of methoxy groups -OCH3 is 1. The number of amides is 1. The highest BCUT2D eigenvalue weighted by Gasteiger charge is 2.23. The second-order valence-corrected chi connectivity index (χ2v) is 7.81. The number of hydrogen-bond acceptors (Lipinski definition) is 5. The highest BCUT2D eigenvalue weighted by molar-refractivity contribution is 5.90. The van der Waals surface area contributed by atoms with Crippen molar-refractivity contribution >= 4 is 11.6 Å². The van der Waals surface area contributed by atoms with Gasteiger partial charge in [-0.25, -0.2) is 0 Å². The molecule has 2 aromatic carbocycles. The van der Waals surface area contributed by atoms with Gasteiger partial charge in [-0.1, -0.05) is 12.1 Å². The van der Waals surface area contributed by atoms with Gasteiger partial charge in [-0.15, -0.1) is 10.2 Å². The van der Waals surface area contributed by atoms with Crippen LogP contribution >= 0.6 is 0 Å². The van der Waals surface area contributed by atoms with Gasteiger partial charge >= 0.3 is 0 Å². The lowest BCUT2D eigenvalue weighted by molar-refractivity contribution is -0.116. The van der Waals surface area contributed by atoms with Crippen molar-refractivity contribution in [3.8, 4) is 11.5 Å². The summed E-state index contributed by atoms with van der Waals surface area (Å²) in [5.74, 6) is 3.98. The average Bonchev–Trinajstić information content (AvgIpc) is 3.17. The Kier molecular flexibility index (Phi) is 6.50. The number of rotatable bonds is 8. The number of aromatic nitrogens is 3. The predicted molar refractivity (Wildman–Crippen MR) is 119 cm³/mol. The van der Waals surface area contributed by atoms with E-state index >= 15 is 0 Å². The first-order valence-corrected chi connectivity index (χ1v) is 10.7. The Morgan fingerprint density at radius 3 is 2.77 bits per heavy atom. The summed E-state index contributed by atoms with van der Waals surface area (Å²) >= 11 is 0. The third-order valence-corrected chi connectivity index (χ3v) is 5.65. The molecule has 7 nitrogen and oxygen atoms in total. The molecule has 7 heteroatoms. The fourth-order valence-corrected chi connectivity index (χ4v) is 3.92. The SMILES string of the molecule is COc1ccc(OCCCC(=O)Nc2cccc(C3CCc4nnc(C)n4C3)c2)cc1. The minimum absolute atomic E-state index is 0.00364. The third kappa shape index (κ3) is 5.23. The summed E-state index contributed by atoms with van der Waals surface area (Å²) in [6, 6.07) is 15.6. The molecule has 1 atom stereocenters. The first-order chi connectivity index (χ1) is 15.1. The Hall–Kier alpha value is -3.35. The van der Waals surface area contributed by atoms with E-state index in [0.29, 0.717) is 25.4 Å². The van der Waals surface area contributed by atoms with Crippen LogP contribution in [0.1, 0.15) is 42.4 Å². The lowest BCUT2D eigenvalue weighted by Crippen LogP contribution is -2.20. The van der Waals surface area contributed by atoms with Gasteiger partial charge in [0.1, 0.15) is 23.1 Å². The van der Waals surface area contributed by atoms with Crippen LogP contribution in [0.3, 0.4) is 0 Å². The van der Waals surface area contributed by atoms with Crippen molar-refractivity contribution in [1.82, 2.24) is 14.8 Å². The number of aryl methyl sites for hydroxylation is 2. The molecular formula is C24H28N4O3. The number of anilines is 1. The van der Waals surface area contributed by atoms with Crippen LogP contribution in [0.4, 0.5) is 5.69 Å². The molecule has 4 rings (SSSR count). The summed E-state index contributed by atoms with van der Waals surface area (Å²) in [6.45, 7) is 3.37. The molecule has 1 aromatic heterocycles. The first-order valence-electron chi connectivity index (χ1n) is 10.7. The van der Waals surface area contributed by atoms with E-state index in [0.717, 1.165) is 48.2 Å². The molecule has 1 N–H and O–H groups in total. The van der Waals surface area contributed by atoms with E-state index in [2.05, 4.69) is 32.2 Å². The summed E-state index contributed by atoms with van der Waals surface area (Å²) < 4.78 is 13.0. The maximum atomic E-state index is 12.4. The van der Waals surface area contributed by atoms with Gasteiger partial charge in [-0.2, -0.15) is 0 Å². The molecule has 3 aromatic rings. The van der Waals surface area contributed by atoms with E-state index in [1.165, 1.54) is 5.56 Å². The minimum Gasteiger partial charge on any atom is -0.497 e. The fraction of sp³-hybridized carbons (Fsp3) is 0.375. The van der Waals surface area contributed by atoms with E-state index in [1.807, 2.05) is 43.3 Å². The molecule has 162 valence electrons. The molecule has 1 aliphatic rings. The summed E-state index contributed by atoms with van der Waals surface area (Å²) in [4.78, 5) is 12.4. The topological polar surface area (TPSA) is 78.3 Å². The normalized spacial score (nSPS) is 15.2. The minimum atomic E-state index is -0.00364. The monoisotopic (exact) mass is 420 g/mol. The number of hydrogen-bond donors (Lipinski definition) is 1. The predicted octanol–water partition coefficient (Wildman–Crippen LogP) is 4.12. The van der Waals surface area contributed by atoms with Gasteiger partial charge in [0.2, 0.25) is 5.91 Å². The number of ether oxygens (including phenoxy) is 2. The zero-order chi connectivity index (χ0) is 21.6. The lowest BCUT2D eigenvalue weighted by atomic mass is 9.91. The van der Waals surface area contributed by atoms with Gasteiger partial charge in [0.25, 0.3) is 0 Å². The van der Waals surface area contributed by atoms with Crippen LogP contribution in [-0.4, -0.2) is 34.4 Å². The Bertz CT molecular complexity index is 1030. The van der Waals surface area contributed by atoms with Crippen LogP contribution < -0.4 is 14.8 Å². The van der Waals surface area contributed by atoms with Crippen LogP contribution in [-0.2, 0) is 17.8 Å². The highest BCUT2D eigenvalue weighted by Crippen LogP contribution is 2.30.